The highest BCUT2D eigenvalue weighted by molar-refractivity contribution is 6.38. The van der Waals surface area contributed by atoms with Crippen LogP contribution in [0.4, 0.5) is 0 Å². The van der Waals surface area contributed by atoms with Gasteiger partial charge in [0.05, 0.1) is 17.1 Å². The number of benzene rings is 1. The first-order chi connectivity index (χ1) is 8.65. The molecule has 0 aliphatic rings. The Morgan fingerprint density at radius 3 is 2.78 bits per heavy atom. The SMILES string of the molecule is Cn1ccnc1Cn1ccc2c(Cl)cc(Cl)cc21. The van der Waals surface area contributed by atoms with E-state index < -0.39 is 0 Å². The summed E-state index contributed by atoms with van der Waals surface area (Å²) in [6.07, 6.45) is 5.73. The molecule has 18 heavy (non-hydrogen) atoms. The van der Waals surface area contributed by atoms with Crippen LogP contribution in [0.15, 0.2) is 36.8 Å². The number of nitrogens with zero attached hydrogens (tertiary/aromatic N) is 3. The van der Waals surface area contributed by atoms with Gasteiger partial charge in [-0.2, -0.15) is 0 Å². The van der Waals surface area contributed by atoms with Gasteiger partial charge in [0.2, 0.25) is 0 Å². The zero-order chi connectivity index (χ0) is 12.7. The van der Waals surface area contributed by atoms with Crippen LogP contribution in [-0.2, 0) is 13.6 Å². The van der Waals surface area contributed by atoms with Gasteiger partial charge in [-0.05, 0) is 18.2 Å². The van der Waals surface area contributed by atoms with Crippen LogP contribution in [0.1, 0.15) is 5.82 Å². The molecule has 0 saturated carbocycles. The van der Waals surface area contributed by atoms with Crippen molar-refractivity contribution in [2.75, 3.05) is 0 Å². The van der Waals surface area contributed by atoms with E-state index in [-0.39, 0.29) is 0 Å². The third-order valence-electron chi connectivity index (χ3n) is 3.04. The molecule has 92 valence electrons. The lowest BCUT2D eigenvalue weighted by Crippen LogP contribution is -2.04. The second-order valence-corrected chi connectivity index (χ2v) is 5.06. The van der Waals surface area contributed by atoms with E-state index in [2.05, 4.69) is 9.55 Å². The van der Waals surface area contributed by atoms with Crippen LogP contribution in [0.25, 0.3) is 10.9 Å². The molecule has 0 atom stereocenters. The largest absolute Gasteiger partial charge is 0.340 e. The molecule has 3 aromatic rings. The molecule has 0 saturated heterocycles. The van der Waals surface area contributed by atoms with Gasteiger partial charge in [-0.1, -0.05) is 23.2 Å². The Labute approximate surface area is 115 Å². The average Bonchev–Trinajstić information content (AvgIpc) is 2.88. The molecule has 0 fully saturated rings. The minimum atomic E-state index is 0.646. The number of imidazole rings is 1. The smallest absolute Gasteiger partial charge is 0.128 e. The molecule has 0 aliphatic carbocycles. The van der Waals surface area contributed by atoms with Gasteiger partial charge in [-0.25, -0.2) is 4.98 Å². The molecule has 3 nitrogen and oxygen atoms in total. The van der Waals surface area contributed by atoms with E-state index >= 15 is 0 Å². The molecule has 0 spiro atoms. The summed E-state index contributed by atoms with van der Waals surface area (Å²) >= 11 is 12.2. The summed E-state index contributed by atoms with van der Waals surface area (Å²) in [6, 6.07) is 5.68. The van der Waals surface area contributed by atoms with Crippen molar-refractivity contribution >= 4 is 34.1 Å². The van der Waals surface area contributed by atoms with E-state index in [1.54, 1.807) is 12.3 Å². The number of aryl methyl sites for hydroxylation is 1. The quantitative estimate of drug-likeness (QED) is 0.701. The fourth-order valence-corrected chi connectivity index (χ4v) is 2.60. The van der Waals surface area contributed by atoms with Crippen LogP contribution in [0, 0.1) is 0 Å². The molecule has 3 rings (SSSR count). The summed E-state index contributed by atoms with van der Waals surface area (Å²) in [5.41, 5.74) is 1.02. The number of hydrogen-bond donors (Lipinski definition) is 0. The maximum atomic E-state index is 6.17. The zero-order valence-electron chi connectivity index (χ0n) is 9.77. The lowest BCUT2D eigenvalue weighted by Gasteiger charge is -2.06. The molecule has 0 amide bonds. The Morgan fingerprint density at radius 1 is 1.22 bits per heavy atom. The maximum absolute atomic E-state index is 6.17. The van der Waals surface area contributed by atoms with Crippen molar-refractivity contribution in [3.8, 4) is 0 Å². The van der Waals surface area contributed by atoms with Gasteiger partial charge < -0.3 is 9.13 Å². The van der Waals surface area contributed by atoms with Crippen molar-refractivity contribution in [2.45, 2.75) is 6.54 Å². The van der Waals surface area contributed by atoms with Gasteiger partial charge in [0.15, 0.2) is 0 Å². The average molecular weight is 280 g/mol. The lowest BCUT2D eigenvalue weighted by atomic mass is 10.2. The van der Waals surface area contributed by atoms with E-state index in [0.717, 1.165) is 16.7 Å². The molecular formula is C13H11Cl2N3. The molecular weight excluding hydrogens is 269 g/mol. The first kappa shape index (κ1) is 11.6. The predicted octanol–water partition coefficient (Wildman–Crippen LogP) is 3.73. The second-order valence-electron chi connectivity index (χ2n) is 4.22. The fraction of sp³-hybridized carbons (Fsp3) is 0.154. The lowest BCUT2D eigenvalue weighted by molar-refractivity contribution is 0.718. The van der Waals surface area contributed by atoms with Crippen LogP contribution in [-0.4, -0.2) is 14.1 Å². The first-order valence-corrected chi connectivity index (χ1v) is 6.31. The Bertz CT molecular complexity index is 712. The molecule has 2 aromatic heterocycles. The molecule has 2 heterocycles. The van der Waals surface area contributed by atoms with Crippen LogP contribution in [0.2, 0.25) is 10.0 Å². The van der Waals surface area contributed by atoms with E-state index in [4.69, 9.17) is 23.2 Å². The predicted molar refractivity (Wildman–Crippen MR) is 74.3 cm³/mol. The molecule has 0 aliphatic heterocycles. The highest BCUT2D eigenvalue weighted by atomic mass is 35.5. The van der Waals surface area contributed by atoms with Crippen molar-refractivity contribution in [1.82, 2.24) is 14.1 Å². The van der Waals surface area contributed by atoms with E-state index in [0.29, 0.717) is 16.6 Å². The number of hydrogen-bond acceptors (Lipinski definition) is 1. The monoisotopic (exact) mass is 279 g/mol. The van der Waals surface area contributed by atoms with Gasteiger partial charge in [-0.15, -0.1) is 0 Å². The molecule has 1 aromatic carbocycles. The molecule has 0 unspecified atom stereocenters. The summed E-state index contributed by atoms with van der Waals surface area (Å²) in [5.74, 6) is 0.989. The number of rotatable bonds is 2. The number of fused-ring (bicyclic) bond motifs is 1. The summed E-state index contributed by atoms with van der Waals surface area (Å²) in [5, 5.41) is 2.33. The normalized spacial score (nSPS) is 11.3. The Balaban J connectivity index is 2.10. The summed E-state index contributed by atoms with van der Waals surface area (Å²) in [4.78, 5) is 4.32. The summed E-state index contributed by atoms with van der Waals surface area (Å²) in [6.45, 7) is 0.698. The molecule has 5 heteroatoms. The Hall–Kier alpha value is -1.45. The number of halogens is 2. The molecule has 0 radical (unpaired) electrons. The van der Waals surface area contributed by atoms with Crippen molar-refractivity contribution < 1.29 is 0 Å². The van der Waals surface area contributed by atoms with Crippen LogP contribution >= 0.6 is 23.2 Å². The van der Waals surface area contributed by atoms with Gasteiger partial charge >= 0.3 is 0 Å². The second kappa shape index (κ2) is 4.34. The molecule has 0 bridgehead atoms. The third-order valence-corrected chi connectivity index (χ3v) is 3.57. The van der Waals surface area contributed by atoms with Crippen molar-refractivity contribution in [3.63, 3.8) is 0 Å². The highest BCUT2D eigenvalue weighted by Crippen LogP contribution is 2.28. The van der Waals surface area contributed by atoms with Crippen molar-refractivity contribution in [1.29, 1.82) is 0 Å². The van der Waals surface area contributed by atoms with Crippen LogP contribution in [0.3, 0.4) is 0 Å². The first-order valence-electron chi connectivity index (χ1n) is 5.55. The van der Waals surface area contributed by atoms with Crippen LogP contribution < -0.4 is 0 Å². The number of aromatic nitrogens is 3. The van der Waals surface area contributed by atoms with Crippen molar-refractivity contribution in [2.24, 2.45) is 7.05 Å². The van der Waals surface area contributed by atoms with Gasteiger partial charge in [0.25, 0.3) is 0 Å². The van der Waals surface area contributed by atoms with E-state index in [1.807, 2.05) is 36.1 Å². The summed E-state index contributed by atoms with van der Waals surface area (Å²) in [7, 11) is 1.98. The third kappa shape index (κ3) is 1.89. The Morgan fingerprint density at radius 2 is 2.06 bits per heavy atom. The highest BCUT2D eigenvalue weighted by Gasteiger charge is 2.08. The fourth-order valence-electron chi connectivity index (χ4n) is 2.06. The van der Waals surface area contributed by atoms with Crippen molar-refractivity contribution in [3.05, 3.63) is 52.7 Å². The van der Waals surface area contributed by atoms with E-state index in [9.17, 15) is 0 Å². The Kier molecular flexibility index (Phi) is 2.80. The topological polar surface area (TPSA) is 22.8 Å². The van der Waals surface area contributed by atoms with Gasteiger partial charge in [0, 0.05) is 36.0 Å². The summed E-state index contributed by atoms with van der Waals surface area (Å²) < 4.78 is 4.09. The minimum Gasteiger partial charge on any atom is -0.340 e. The standard InChI is InChI=1S/C13H11Cl2N3/c1-17-5-3-16-13(17)8-18-4-2-10-11(15)6-9(14)7-12(10)18/h2-7H,8H2,1H3. The zero-order valence-corrected chi connectivity index (χ0v) is 11.3. The van der Waals surface area contributed by atoms with Crippen LogP contribution in [0.5, 0.6) is 0 Å². The van der Waals surface area contributed by atoms with E-state index in [1.165, 1.54) is 0 Å². The maximum Gasteiger partial charge on any atom is 0.128 e. The van der Waals surface area contributed by atoms with Gasteiger partial charge in [-0.3, -0.25) is 0 Å². The molecule has 0 N–H and O–H groups in total. The minimum absolute atomic E-state index is 0.646. The van der Waals surface area contributed by atoms with Gasteiger partial charge in [0.1, 0.15) is 5.82 Å².